The molecule has 0 fully saturated rings. The average Bonchev–Trinajstić information content (AvgIpc) is 2.63. The predicted octanol–water partition coefficient (Wildman–Crippen LogP) is 2.37. The molecule has 9 heteroatoms. The van der Waals surface area contributed by atoms with Crippen LogP contribution >= 0.6 is 12.4 Å². The van der Waals surface area contributed by atoms with Gasteiger partial charge in [-0.1, -0.05) is 0 Å². The molecular weight excluding hydrogens is 373 g/mol. The number of carbonyl (C=O) groups is 1. The Hall–Kier alpha value is -3.02. The molecule has 2 aromatic rings. The molecule has 1 aliphatic heterocycles. The minimum Gasteiger partial charge on any atom is -0.386 e. The molecule has 0 radical (unpaired) electrons. The monoisotopic (exact) mass is 389 g/mol. The van der Waals surface area contributed by atoms with E-state index in [2.05, 4.69) is 15.3 Å². The number of aromatic nitrogens is 1. The molecule has 7 nitrogen and oxygen atoms in total. The van der Waals surface area contributed by atoms with Crippen LogP contribution in [-0.4, -0.2) is 29.9 Å². The van der Waals surface area contributed by atoms with Gasteiger partial charge in [0.25, 0.3) is 5.91 Å². The second kappa shape index (κ2) is 8.12. The highest BCUT2D eigenvalue weighted by molar-refractivity contribution is 6.02. The largest absolute Gasteiger partial charge is 0.386 e. The molecule has 0 unspecified atom stereocenters. The van der Waals surface area contributed by atoms with E-state index in [0.29, 0.717) is 11.3 Å². The maximum absolute atomic E-state index is 14.3. The van der Waals surface area contributed by atoms with Crippen molar-refractivity contribution in [1.29, 1.82) is 5.26 Å². The number of nitriles is 1. The summed E-state index contributed by atoms with van der Waals surface area (Å²) in [6.07, 6.45) is 1.31. The van der Waals surface area contributed by atoms with Crippen LogP contribution in [0.4, 0.5) is 10.1 Å². The molecule has 2 heterocycles. The van der Waals surface area contributed by atoms with Crippen LogP contribution in [0, 0.1) is 17.1 Å². The van der Waals surface area contributed by atoms with Crippen LogP contribution in [-0.2, 0) is 10.3 Å². The Kier molecular flexibility index (Phi) is 6.10. The number of ether oxygens (including phenoxy) is 1. The number of rotatable bonds is 3. The first-order valence-electron chi connectivity index (χ1n) is 7.81. The minimum atomic E-state index is -0.972. The number of benzene rings is 1. The lowest BCUT2D eigenvalue weighted by Gasteiger charge is -2.30. The number of nitrogens with two attached hydrogens (primary N) is 1. The van der Waals surface area contributed by atoms with E-state index < -0.39 is 17.3 Å². The van der Waals surface area contributed by atoms with E-state index in [1.54, 1.807) is 6.92 Å². The van der Waals surface area contributed by atoms with Gasteiger partial charge in [-0.3, -0.25) is 9.79 Å². The Balaban J connectivity index is 0.00000261. The number of nitrogens with one attached hydrogen (secondary N) is 1. The van der Waals surface area contributed by atoms with Crippen LogP contribution < -0.4 is 11.1 Å². The molecule has 1 aromatic carbocycles. The minimum absolute atomic E-state index is 0. The van der Waals surface area contributed by atoms with Gasteiger partial charge in [-0.15, -0.1) is 12.4 Å². The molecule has 27 heavy (non-hydrogen) atoms. The van der Waals surface area contributed by atoms with Crippen molar-refractivity contribution in [2.45, 2.75) is 12.5 Å². The van der Waals surface area contributed by atoms with Crippen molar-refractivity contribution in [2.24, 2.45) is 10.7 Å². The zero-order valence-electron chi connectivity index (χ0n) is 14.4. The van der Waals surface area contributed by atoms with E-state index in [0.717, 1.165) is 0 Å². The fourth-order valence-electron chi connectivity index (χ4n) is 2.68. The number of amides is 1. The van der Waals surface area contributed by atoms with Gasteiger partial charge in [-0.05, 0) is 37.3 Å². The van der Waals surface area contributed by atoms with Crippen molar-refractivity contribution in [2.75, 3.05) is 18.5 Å². The SMILES string of the molecule is C[C@@]1(c2cc(NC(=O)c3ccc(C#N)cn3)ccc2F)COCC(N)=N1.Cl. The van der Waals surface area contributed by atoms with E-state index in [4.69, 9.17) is 15.7 Å². The van der Waals surface area contributed by atoms with Crippen molar-refractivity contribution in [3.8, 4) is 6.07 Å². The number of anilines is 1. The third-order valence-electron chi connectivity index (χ3n) is 3.95. The lowest BCUT2D eigenvalue weighted by Crippen LogP contribution is -2.38. The van der Waals surface area contributed by atoms with Crippen LogP contribution in [0.2, 0.25) is 0 Å². The number of pyridine rings is 1. The number of hydrogen-bond donors (Lipinski definition) is 2. The van der Waals surface area contributed by atoms with Crippen molar-refractivity contribution in [1.82, 2.24) is 4.98 Å². The summed E-state index contributed by atoms with van der Waals surface area (Å²) in [5, 5.41) is 11.4. The number of halogens is 2. The molecule has 1 aliphatic rings. The number of amidine groups is 1. The molecule has 0 saturated carbocycles. The molecule has 1 atom stereocenters. The first-order chi connectivity index (χ1) is 12.4. The molecule has 3 rings (SSSR count). The third-order valence-corrected chi connectivity index (χ3v) is 3.95. The fraction of sp³-hybridized carbons (Fsp3) is 0.222. The summed E-state index contributed by atoms with van der Waals surface area (Å²) in [5.74, 6) is -0.654. The van der Waals surface area contributed by atoms with Gasteiger partial charge < -0.3 is 15.8 Å². The number of carbonyl (C=O) groups excluding carboxylic acids is 1. The molecule has 140 valence electrons. The van der Waals surface area contributed by atoms with Gasteiger partial charge in [0.1, 0.15) is 35.6 Å². The summed E-state index contributed by atoms with van der Waals surface area (Å²) in [6, 6.07) is 9.07. The summed E-state index contributed by atoms with van der Waals surface area (Å²) in [7, 11) is 0. The summed E-state index contributed by atoms with van der Waals surface area (Å²) >= 11 is 0. The standard InChI is InChI=1S/C18H16FN5O2.ClH/c1-18(10-26-9-16(21)24-18)13-6-12(3-4-14(13)19)23-17(25)15-5-2-11(7-20)8-22-15;/h2-6,8H,9-10H2,1H3,(H2,21,24)(H,23,25);1H/t18-;/m0./s1. The Bertz CT molecular complexity index is 926. The Morgan fingerprint density at radius 3 is 2.81 bits per heavy atom. The van der Waals surface area contributed by atoms with Gasteiger partial charge in [-0.2, -0.15) is 5.26 Å². The smallest absolute Gasteiger partial charge is 0.274 e. The molecular formula is C18H17ClFN5O2. The fourth-order valence-corrected chi connectivity index (χ4v) is 2.68. The normalized spacial score (nSPS) is 18.6. The number of hydrogen-bond acceptors (Lipinski definition) is 6. The van der Waals surface area contributed by atoms with Crippen molar-refractivity contribution in [3.05, 3.63) is 59.2 Å². The maximum atomic E-state index is 14.3. The van der Waals surface area contributed by atoms with Crippen LogP contribution in [0.5, 0.6) is 0 Å². The second-order valence-corrected chi connectivity index (χ2v) is 6.06. The van der Waals surface area contributed by atoms with Gasteiger partial charge in [0, 0.05) is 17.4 Å². The van der Waals surface area contributed by atoms with Crippen LogP contribution in [0.15, 0.2) is 41.5 Å². The van der Waals surface area contributed by atoms with Gasteiger partial charge >= 0.3 is 0 Å². The van der Waals surface area contributed by atoms with Crippen molar-refractivity contribution in [3.63, 3.8) is 0 Å². The summed E-state index contributed by atoms with van der Waals surface area (Å²) in [4.78, 5) is 20.5. The first kappa shape index (κ1) is 20.3. The number of nitrogens with zero attached hydrogens (tertiary/aromatic N) is 3. The highest BCUT2D eigenvalue weighted by Gasteiger charge is 2.33. The Labute approximate surface area is 161 Å². The zero-order valence-corrected chi connectivity index (χ0v) is 15.2. The van der Waals surface area contributed by atoms with Crippen LogP contribution in [0.3, 0.4) is 0 Å². The Morgan fingerprint density at radius 1 is 1.41 bits per heavy atom. The van der Waals surface area contributed by atoms with Crippen LogP contribution in [0.1, 0.15) is 28.5 Å². The van der Waals surface area contributed by atoms with E-state index in [1.165, 1.54) is 36.5 Å². The van der Waals surface area contributed by atoms with Gasteiger partial charge in [-0.25, -0.2) is 9.37 Å². The first-order valence-corrected chi connectivity index (χ1v) is 7.81. The highest BCUT2D eigenvalue weighted by Crippen LogP contribution is 2.32. The quantitative estimate of drug-likeness (QED) is 0.836. The summed E-state index contributed by atoms with van der Waals surface area (Å²) in [6.45, 7) is 2.10. The number of aliphatic imine (C=N–C) groups is 1. The topological polar surface area (TPSA) is 113 Å². The zero-order chi connectivity index (χ0) is 18.7. The third kappa shape index (κ3) is 4.39. The lowest BCUT2D eigenvalue weighted by molar-refractivity contribution is 0.102. The molecule has 0 aliphatic carbocycles. The van der Waals surface area contributed by atoms with Crippen molar-refractivity contribution < 1.29 is 13.9 Å². The van der Waals surface area contributed by atoms with Crippen molar-refractivity contribution >= 4 is 29.8 Å². The molecule has 0 saturated heterocycles. The summed E-state index contributed by atoms with van der Waals surface area (Å²) < 4.78 is 19.7. The van der Waals surface area contributed by atoms with E-state index >= 15 is 0 Å². The highest BCUT2D eigenvalue weighted by atomic mass is 35.5. The maximum Gasteiger partial charge on any atom is 0.274 e. The molecule has 1 amide bonds. The van der Waals surface area contributed by atoms with Gasteiger partial charge in [0.15, 0.2) is 0 Å². The average molecular weight is 390 g/mol. The lowest BCUT2D eigenvalue weighted by atomic mass is 9.92. The van der Waals surface area contributed by atoms with Crippen LogP contribution in [0.25, 0.3) is 0 Å². The molecule has 3 N–H and O–H groups in total. The molecule has 0 spiro atoms. The Morgan fingerprint density at radius 2 is 2.19 bits per heavy atom. The van der Waals surface area contributed by atoms with Gasteiger partial charge in [0.05, 0.1) is 12.2 Å². The molecule has 1 aromatic heterocycles. The van der Waals surface area contributed by atoms with E-state index in [1.807, 2.05) is 6.07 Å². The van der Waals surface area contributed by atoms with Gasteiger partial charge in [0.2, 0.25) is 0 Å². The summed E-state index contributed by atoms with van der Waals surface area (Å²) in [5.41, 5.74) is 5.90. The predicted molar refractivity (Wildman–Crippen MR) is 100 cm³/mol. The second-order valence-electron chi connectivity index (χ2n) is 6.06. The van der Waals surface area contributed by atoms with E-state index in [-0.39, 0.29) is 42.7 Å². The van der Waals surface area contributed by atoms with E-state index in [9.17, 15) is 9.18 Å². The molecule has 0 bridgehead atoms.